The van der Waals surface area contributed by atoms with Crippen molar-refractivity contribution in [2.45, 2.75) is 19.3 Å². The molecule has 0 atom stereocenters. The average Bonchev–Trinajstić information content (AvgIpc) is 2.55. The molecule has 0 aromatic heterocycles. The van der Waals surface area contributed by atoms with Crippen LogP contribution in [0.1, 0.15) is 29.6 Å². The minimum atomic E-state index is -3.40. The summed E-state index contributed by atoms with van der Waals surface area (Å²) >= 11 is 0. The highest BCUT2D eigenvalue weighted by Gasteiger charge is 2.12. The predicted molar refractivity (Wildman–Crippen MR) is 102 cm³/mol. The van der Waals surface area contributed by atoms with Crippen LogP contribution in [0, 0.1) is 0 Å². The van der Waals surface area contributed by atoms with E-state index in [4.69, 9.17) is 5.14 Å². The van der Waals surface area contributed by atoms with E-state index in [1.54, 1.807) is 0 Å². The molecule has 0 saturated carbocycles. The highest BCUT2D eigenvalue weighted by Crippen LogP contribution is 2.27. The Balaban J connectivity index is 1.99. The van der Waals surface area contributed by atoms with Gasteiger partial charge in [-0.05, 0) is 30.4 Å². The van der Waals surface area contributed by atoms with Gasteiger partial charge in [0.2, 0.25) is 10.0 Å². The van der Waals surface area contributed by atoms with Gasteiger partial charge in [-0.1, -0.05) is 30.7 Å². The maximum Gasteiger partial charge on any atom is 0.251 e. The molecule has 0 aliphatic carbocycles. The van der Waals surface area contributed by atoms with Gasteiger partial charge in [0, 0.05) is 37.3 Å². The summed E-state index contributed by atoms with van der Waals surface area (Å²) in [5, 5.41) is 9.82. The summed E-state index contributed by atoms with van der Waals surface area (Å²) in [7, 11) is 0.553. The van der Waals surface area contributed by atoms with Gasteiger partial charge in [-0.15, -0.1) is 0 Å². The molecule has 7 heteroatoms. The molecule has 0 aliphatic heterocycles. The van der Waals surface area contributed by atoms with E-state index in [0.717, 1.165) is 22.9 Å². The van der Waals surface area contributed by atoms with Gasteiger partial charge in [0.05, 0.1) is 5.75 Å². The number of carbonyl (C=O) groups is 1. The quantitative estimate of drug-likeness (QED) is 0.703. The Bertz CT molecular complexity index is 848. The fraction of sp³-hybridized carbons (Fsp3) is 0.389. The fourth-order valence-electron chi connectivity index (χ4n) is 2.78. The van der Waals surface area contributed by atoms with Crippen LogP contribution in [-0.2, 0) is 10.0 Å². The van der Waals surface area contributed by atoms with Crippen LogP contribution < -0.4 is 15.4 Å². The largest absolute Gasteiger partial charge is 0.377 e. The number of hydrogen-bond acceptors (Lipinski definition) is 4. The molecule has 0 spiro atoms. The van der Waals surface area contributed by atoms with Crippen molar-refractivity contribution in [3.8, 4) is 0 Å². The summed E-state index contributed by atoms with van der Waals surface area (Å²) in [6.07, 6.45) is 1.93. The second kappa shape index (κ2) is 8.31. The summed E-state index contributed by atoms with van der Waals surface area (Å²) in [6, 6.07) is 11.6. The third-order valence-corrected chi connectivity index (χ3v) is 4.87. The molecule has 2 aromatic rings. The average molecular weight is 363 g/mol. The van der Waals surface area contributed by atoms with Crippen LogP contribution in [0.3, 0.4) is 0 Å². The van der Waals surface area contributed by atoms with Gasteiger partial charge >= 0.3 is 0 Å². The molecule has 2 aromatic carbocycles. The molecular weight excluding hydrogens is 338 g/mol. The normalized spacial score (nSPS) is 11.5. The third kappa shape index (κ3) is 5.44. The lowest BCUT2D eigenvalue weighted by atomic mass is 10.0. The summed E-state index contributed by atoms with van der Waals surface area (Å²) < 4.78 is 21.7. The van der Waals surface area contributed by atoms with E-state index >= 15 is 0 Å². The number of carbonyl (C=O) groups excluding carboxylic acids is 1. The maximum absolute atomic E-state index is 12.5. The van der Waals surface area contributed by atoms with Gasteiger partial charge in [0.25, 0.3) is 5.91 Å². The van der Waals surface area contributed by atoms with E-state index in [-0.39, 0.29) is 11.7 Å². The van der Waals surface area contributed by atoms with E-state index in [2.05, 4.69) is 5.32 Å². The number of amides is 1. The molecule has 1 amide bonds. The second-order valence-corrected chi connectivity index (χ2v) is 7.99. The second-order valence-electron chi connectivity index (χ2n) is 6.26. The molecule has 6 nitrogen and oxygen atoms in total. The van der Waals surface area contributed by atoms with Crippen molar-refractivity contribution in [2.75, 3.05) is 31.3 Å². The molecule has 3 N–H and O–H groups in total. The maximum atomic E-state index is 12.5. The number of unbranched alkanes of at least 4 members (excludes halogenated alkanes) is 2. The lowest BCUT2D eigenvalue weighted by Gasteiger charge is -2.16. The van der Waals surface area contributed by atoms with Gasteiger partial charge in [-0.3, -0.25) is 4.79 Å². The number of rotatable bonds is 8. The summed E-state index contributed by atoms with van der Waals surface area (Å²) in [5.41, 5.74) is 1.71. The van der Waals surface area contributed by atoms with Crippen molar-refractivity contribution in [1.82, 2.24) is 5.32 Å². The summed E-state index contributed by atoms with van der Waals surface area (Å²) in [5.74, 6) is -0.134. The number of nitrogens with zero attached hydrogens (tertiary/aromatic N) is 1. The highest BCUT2D eigenvalue weighted by atomic mass is 32.2. The van der Waals surface area contributed by atoms with Crippen LogP contribution in [0.25, 0.3) is 10.8 Å². The van der Waals surface area contributed by atoms with Gasteiger partial charge < -0.3 is 10.2 Å². The zero-order chi connectivity index (χ0) is 18.4. The van der Waals surface area contributed by atoms with Crippen molar-refractivity contribution in [1.29, 1.82) is 0 Å². The van der Waals surface area contributed by atoms with Crippen molar-refractivity contribution in [3.05, 3.63) is 42.0 Å². The van der Waals surface area contributed by atoms with Crippen LogP contribution in [-0.4, -0.2) is 40.7 Å². The number of nitrogens with one attached hydrogen (secondary N) is 1. The first-order valence-electron chi connectivity index (χ1n) is 8.27. The Hall–Kier alpha value is -2.12. The van der Waals surface area contributed by atoms with E-state index in [9.17, 15) is 13.2 Å². The van der Waals surface area contributed by atoms with Gasteiger partial charge in [0.15, 0.2) is 0 Å². The smallest absolute Gasteiger partial charge is 0.251 e. The fourth-order valence-corrected chi connectivity index (χ4v) is 3.39. The predicted octanol–water partition coefficient (Wildman–Crippen LogP) is 2.09. The number of primary sulfonamides is 1. The Morgan fingerprint density at radius 1 is 1.04 bits per heavy atom. The molecule has 0 bridgehead atoms. The Labute approximate surface area is 149 Å². The van der Waals surface area contributed by atoms with Crippen molar-refractivity contribution in [2.24, 2.45) is 5.14 Å². The topological polar surface area (TPSA) is 92.5 Å². The van der Waals surface area contributed by atoms with Gasteiger partial charge in [-0.2, -0.15) is 0 Å². The lowest BCUT2D eigenvalue weighted by Crippen LogP contribution is -2.25. The third-order valence-electron chi connectivity index (χ3n) is 4.02. The number of hydrogen-bond donors (Lipinski definition) is 2. The monoisotopic (exact) mass is 363 g/mol. The molecule has 0 unspecified atom stereocenters. The van der Waals surface area contributed by atoms with Gasteiger partial charge in [0.1, 0.15) is 0 Å². The molecule has 2 rings (SSSR count). The molecule has 0 heterocycles. The first kappa shape index (κ1) is 19.2. The van der Waals surface area contributed by atoms with Crippen molar-refractivity contribution < 1.29 is 13.2 Å². The van der Waals surface area contributed by atoms with Crippen LogP contribution in [0.5, 0.6) is 0 Å². The van der Waals surface area contributed by atoms with Gasteiger partial charge in [-0.25, -0.2) is 13.6 Å². The summed E-state index contributed by atoms with van der Waals surface area (Å²) in [4.78, 5) is 14.5. The molecular formula is C18H25N3O3S. The molecule has 136 valence electrons. The van der Waals surface area contributed by atoms with E-state index < -0.39 is 10.0 Å². The molecule has 0 radical (unpaired) electrons. The number of anilines is 1. The van der Waals surface area contributed by atoms with Crippen molar-refractivity contribution in [3.63, 3.8) is 0 Å². The zero-order valence-electron chi connectivity index (χ0n) is 14.7. The van der Waals surface area contributed by atoms with E-state index in [1.165, 1.54) is 0 Å². The van der Waals surface area contributed by atoms with Crippen LogP contribution in [0.4, 0.5) is 5.69 Å². The van der Waals surface area contributed by atoms with Crippen molar-refractivity contribution >= 4 is 32.4 Å². The number of benzene rings is 2. The first-order valence-corrected chi connectivity index (χ1v) is 9.99. The minimum Gasteiger partial charge on any atom is -0.377 e. The number of fused-ring (bicyclic) bond motifs is 1. The molecule has 0 saturated heterocycles. The van der Waals surface area contributed by atoms with E-state index in [0.29, 0.717) is 24.9 Å². The van der Waals surface area contributed by atoms with Crippen LogP contribution in [0.2, 0.25) is 0 Å². The Morgan fingerprint density at radius 3 is 2.40 bits per heavy atom. The molecule has 25 heavy (non-hydrogen) atoms. The molecule has 0 fully saturated rings. The summed E-state index contributed by atoms with van der Waals surface area (Å²) in [6.45, 7) is 0.507. The minimum absolute atomic E-state index is 0.0163. The SMILES string of the molecule is CN(C)c1cccc2c(C(=O)NCCCCCS(N)(=O)=O)cccc12. The van der Waals surface area contributed by atoms with E-state index in [1.807, 2.05) is 55.4 Å². The molecule has 0 aliphatic rings. The highest BCUT2D eigenvalue weighted by molar-refractivity contribution is 7.89. The van der Waals surface area contributed by atoms with Crippen LogP contribution >= 0.6 is 0 Å². The number of nitrogens with two attached hydrogens (primary N) is 1. The van der Waals surface area contributed by atoms with Crippen LogP contribution in [0.15, 0.2) is 36.4 Å². The first-order chi connectivity index (χ1) is 11.8. The Morgan fingerprint density at radius 2 is 1.72 bits per heavy atom. The zero-order valence-corrected chi connectivity index (χ0v) is 15.5. The standard InChI is InChI=1S/C18H25N3O3S/c1-21(2)17-11-7-8-14-15(17)9-6-10-16(14)18(22)20-12-4-3-5-13-25(19,23)24/h6-11H,3-5,12-13H2,1-2H3,(H,20,22)(H2,19,23,24). The lowest BCUT2D eigenvalue weighted by molar-refractivity contribution is 0.0954. The number of sulfonamides is 1. The Kier molecular flexibility index (Phi) is 6.39.